The van der Waals surface area contributed by atoms with Crippen molar-refractivity contribution in [3.63, 3.8) is 0 Å². The van der Waals surface area contributed by atoms with Crippen LogP contribution in [0.2, 0.25) is 0 Å². The van der Waals surface area contributed by atoms with Gasteiger partial charge in [-0.25, -0.2) is 0 Å². The van der Waals surface area contributed by atoms with Crippen LogP contribution in [0, 0.1) is 0 Å². The van der Waals surface area contributed by atoms with Crippen LogP contribution in [0.5, 0.6) is 0 Å². The first-order chi connectivity index (χ1) is 8.59. The molecule has 0 saturated carbocycles. The Bertz CT molecular complexity index is 555. The smallest absolute Gasteiger partial charge is 0.316 e. The maximum atomic E-state index is 10.8. The highest BCUT2D eigenvalue weighted by atomic mass is 32.2. The molecule has 0 radical (unpaired) electrons. The topological polar surface area (TPSA) is 80.9 Å². The zero-order valence-electron chi connectivity index (χ0n) is 9.94. The maximum Gasteiger partial charge on any atom is 0.316 e. The molecule has 0 saturated heterocycles. The molecule has 18 heavy (non-hydrogen) atoms. The van der Waals surface area contributed by atoms with E-state index in [0.717, 1.165) is 17.3 Å². The zero-order chi connectivity index (χ0) is 13.1. The number of aromatic nitrogens is 4. The van der Waals surface area contributed by atoms with Gasteiger partial charge in [-0.3, -0.25) is 9.78 Å². The summed E-state index contributed by atoms with van der Waals surface area (Å²) in [7, 11) is 1.80. The van der Waals surface area contributed by atoms with Crippen LogP contribution in [-0.2, 0) is 11.8 Å². The second-order valence-corrected chi connectivity index (χ2v) is 5.01. The van der Waals surface area contributed by atoms with Crippen LogP contribution in [-0.4, -0.2) is 36.1 Å². The fraction of sp³-hybridized carbons (Fsp3) is 0.273. The van der Waals surface area contributed by atoms with Gasteiger partial charge in [-0.15, -0.1) is 10.2 Å². The first-order valence-corrected chi connectivity index (χ1v) is 6.17. The lowest BCUT2D eigenvalue weighted by molar-refractivity contribution is -0.136. The fourth-order valence-electron chi connectivity index (χ4n) is 1.37. The number of thioether (sulfide) groups is 1. The number of hydrogen-bond acceptors (Lipinski definition) is 5. The second kappa shape index (κ2) is 5.18. The van der Waals surface area contributed by atoms with E-state index in [1.54, 1.807) is 30.9 Å². The second-order valence-electron chi connectivity index (χ2n) is 3.71. The van der Waals surface area contributed by atoms with Gasteiger partial charge in [0.1, 0.15) is 5.25 Å². The first-order valence-electron chi connectivity index (χ1n) is 5.29. The molecule has 2 heterocycles. The third-order valence-electron chi connectivity index (χ3n) is 2.38. The molecule has 7 heteroatoms. The van der Waals surface area contributed by atoms with Crippen molar-refractivity contribution in [3.05, 3.63) is 24.5 Å². The van der Waals surface area contributed by atoms with Gasteiger partial charge in [-0.05, 0) is 19.1 Å². The van der Waals surface area contributed by atoms with Crippen molar-refractivity contribution in [2.75, 3.05) is 0 Å². The summed E-state index contributed by atoms with van der Waals surface area (Å²) >= 11 is 1.16. The lowest BCUT2D eigenvalue weighted by atomic mass is 10.3. The number of rotatable bonds is 4. The van der Waals surface area contributed by atoms with Crippen LogP contribution >= 0.6 is 11.8 Å². The summed E-state index contributed by atoms with van der Waals surface area (Å²) in [5.74, 6) is -0.200. The Morgan fingerprint density at radius 1 is 1.50 bits per heavy atom. The van der Waals surface area contributed by atoms with Crippen LogP contribution in [0.3, 0.4) is 0 Å². The summed E-state index contributed by atoms with van der Waals surface area (Å²) in [6.07, 6.45) is 3.38. The number of carbonyl (C=O) groups is 1. The van der Waals surface area contributed by atoms with E-state index >= 15 is 0 Å². The minimum atomic E-state index is -0.870. The third-order valence-corrected chi connectivity index (χ3v) is 3.51. The van der Waals surface area contributed by atoms with Crippen LogP contribution in [0.1, 0.15) is 6.92 Å². The molecule has 0 aliphatic carbocycles. The molecule has 0 aliphatic heterocycles. The van der Waals surface area contributed by atoms with Gasteiger partial charge in [0.25, 0.3) is 0 Å². The Kier molecular flexibility index (Phi) is 3.61. The highest BCUT2D eigenvalue weighted by Gasteiger charge is 2.18. The summed E-state index contributed by atoms with van der Waals surface area (Å²) in [6.45, 7) is 1.62. The van der Waals surface area contributed by atoms with Crippen molar-refractivity contribution in [1.82, 2.24) is 19.7 Å². The number of aliphatic carboxylic acids is 1. The van der Waals surface area contributed by atoms with E-state index in [-0.39, 0.29) is 0 Å². The van der Waals surface area contributed by atoms with Gasteiger partial charge in [0.2, 0.25) is 0 Å². The van der Waals surface area contributed by atoms with Crippen molar-refractivity contribution in [2.24, 2.45) is 7.05 Å². The molecule has 2 aromatic heterocycles. The normalized spacial score (nSPS) is 12.3. The number of nitrogens with zero attached hydrogens (tertiary/aromatic N) is 4. The molecule has 1 atom stereocenters. The van der Waals surface area contributed by atoms with Crippen molar-refractivity contribution in [3.8, 4) is 11.4 Å². The number of carboxylic acid groups (broad SMARTS) is 1. The zero-order valence-corrected chi connectivity index (χ0v) is 10.8. The number of carboxylic acids is 1. The fourth-order valence-corrected chi connectivity index (χ4v) is 2.12. The Hall–Kier alpha value is -1.89. The van der Waals surface area contributed by atoms with E-state index in [1.165, 1.54) is 0 Å². The molecule has 0 unspecified atom stereocenters. The van der Waals surface area contributed by atoms with Gasteiger partial charge in [0.05, 0.1) is 0 Å². The van der Waals surface area contributed by atoms with E-state index in [0.29, 0.717) is 11.0 Å². The molecule has 94 valence electrons. The molecule has 0 amide bonds. The molecule has 0 aromatic carbocycles. The predicted molar refractivity (Wildman–Crippen MR) is 67.2 cm³/mol. The summed E-state index contributed by atoms with van der Waals surface area (Å²) in [5, 5.41) is 16.9. The van der Waals surface area contributed by atoms with E-state index in [4.69, 9.17) is 5.11 Å². The summed E-state index contributed by atoms with van der Waals surface area (Å²) in [4.78, 5) is 14.8. The molecule has 0 bridgehead atoms. The minimum Gasteiger partial charge on any atom is -0.480 e. The Balaban J connectivity index is 2.27. The molecule has 0 aliphatic rings. The van der Waals surface area contributed by atoms with Gasteiger partial charge < -0.3 is 9.67 Å². The van der Waals surface area contributed by atoms with Crippen molar-refractivity contribution in [1.29, 1.82) is 0 Å². The van der Waals surface area contributed by atoms with Gasteiger partial charge in [0, 0.05) is 25.0 Å². The monoisotopic (exact) mass is 264 g/mol. The van der Waals surface area contributed by atoms with Crippen molar-refractivity contribution in [2.45, 2.75) is 17.3 Å². The SMILES string of the molecule is C[C@H](Sc1nnc(-c2cccnc2)n1C)C(=O)O. The molecule has 6 nitrogen and oxygen atoms in total. The van der Waals surface area contributed by atoms with Gasteiger partial charge in [0.15, 0.2) is 11.0 Å². The van der Waals surface area contributed by atoms with E-state index in [2.05, 4.69) is 15.2 Å². The Labute approximate surface area is 108 Å². The maximum absolute atomic E-state index is 10.8. The predicted octanol–water partition coefficient (Wildman–Crippen LogP) is 1.44. The molecule has 2 aromatic rings. The van der Waals surface area contributed by atoms with Crippen molar-refractivity contribution >= 4 is 17.7 Å². The molecule has 1 N–H and O–H groups in total. The molecular formula is C11H12N4O2S. The lowest BCUT2D eigenvalue weighted by Gasteiger charge is -2.05. The highest BCUT2D eigenvalue weighted by molar-refractivity contribution is 8.00. The van der Waals surface area contributed by atoms with Gasteiger partial charge >= 0.3 is 5.97 Å². The quantitative estimate of drug-likeness (QED) is 0.842. The standard InChI is InChI=1S/C11H12N4O2S/c1-7(10(16)17)18-11-14-13-9(15(11)2)8-4-3-5-12-6-8/h3-7H,1-2H3,(H,16,17)/t7-/m0/s1. The summed E-state index contributed by atoms with van der Waals surface area (Å²) < 4.78 is 1.76. The highest BCUT2D eigenvalue weighted by Crippen LogP contribution is 2.24. The number of pyridine rings is 1. The molecular weight excluding hydrogens is 252 g/mol. The molecule has 0 spiro atoms. The minimum absolute atomic E-state index is 0.561. The van der Waals surface area contributed by atoms with E-state index in [1.807, 2.05) is 12.1 Å². The molecule has 0 fully saturated rings. The number of hydrogen-bond donors (Lipinski definition) is 1. The summed E-state index contributed by atoms with van der Waals surface area (Å²) in [5.41, 5.74) is 0.849. The van der Waals surface area contributed by atoms with E-state index < -0.39 is 11.2 Å². The Morgan fingerprint density at radius 3 is 2.89 bits per heavy atom. The van der Waals surface area contributed by atoms with Gasteiger partial charge in [-0.2, -0.15) is 0 Å². The first kappa shape index (κ1) is 12.6. The van der Waals surface area contributed by atoms with Crippen LogP contribution < -0.4 is 0 Å². The third kappa shape index (κ3) is 2.51. The average molecular weight is 264 g/mol. The van der Waals surface area contributed by atoms with E-state index in [9.17, 15) is 4.79 Å². The summed E-state index contributed by atoms with van der Waals surface area (Å²) in [6, 6.07) is 3.70. The largest absolute Gasteiger partial charge is 0.480 e. The lowest BCUT2D eigenvalue weighted by Crippen LogP contribution is -2.12. The Morgan fingerprint density at radius 2 is 2.28 bits per heavy atom. The van der Waals surface area contributed by atoms with Crippen LogP contribution in [0.25, 0.3) is 11.4 Å². The van der Waals surface area contributed by atoms with Crippen LogP contribution in [0.15, 0.2) is 29.7 Å². The van der Waals surface area contributed by atoms with Gasteiger partial charge in [-0.1, -0.05) is 11.8 Å². The van der Waals surface area contributed by atoms with Crippen molar-refractivity contribution < 1.29 is 9.90 Å². The molecule has 2 rings (SSSR count). The average Bonchev–Trinajstić information content (AvgIpc) is 2.72. The van der Waals surface area contributed by atoms with Crippen LogP contribution in [0.4, 0.5) is 0 Å².